The maximum absolute atomic E-state index is 11.3. The molecule has 0 saturated carbocycles. The van der Waals surface area contributed by atoms with Gasteiger partial charge >= 0.3 is 0 Å². The average Bonchev–Trinajstić information content (AvgIpc) is 2.18. The lowest BCUT2D eigenvalue weighted by Gasteiger charge is -2.19. The Kier molecular flexibility index (Phi) is 3.69. The van der Waals surface area contributed by atoms with Crippen molar-refractivity contribution in [2.24, 2.45) is 0 Å². The Labute approximate surface area is 88.9 Å². The summed E-state index contributed by atoms with van der Waals surface area (Å²) in [7, 11) is 0. The van der Waals surface area contributed by atoms with E-state index in [1.165, 1.54) is 6.92 Å². The first kappa shape index (κ1) is 11.1. The van der Waals surface area contributed by atoms with Crippen LogP contribution in [0.15, 0.2) is 24.3 Å². The largest absolute Gasteiger partial charge is 0.399 e. The van der Waals surface area contributed by atoms with E-state index in [9.17, 15) is 4.79 Å². The van der Waals surface area contributed by atoms with Gasteiger partial charge in [0, 0.05) is 24.8 Å². The molecule has 0 heterocycles. The third-order valence-electron chi connectivity index (χ3n) is 2.01. The Morgan fingerprint density at radius 1 is 1.60 bits per heavy atom. The van der Waals surface area contributed by atoms with Gasteiger partial charge in [-0.25, -0.2) is 0 Å². The zero-order valence-electron chi connectivity index (χ0n) is 8.60. The number of nitrogens with zero attached hydrogens (tertiary/aromatic N) is 2. The fourth-order valence-corrected chi connectivity index (χ4v) is 1.32. The lowest BCUT2D eigenvalue weighted by Crippen LogP contribution is -2.29. The van der Waals surface area contributed by atoms with Crippen LogP contribution in [0.2, 0.25) is 0 Å². The highest BCUT2D eigenvalue weighted by Crippen LogP contribution is 2.17. The van der Waals surface area contributed by atoms with Gasteiger partial charge in [-0.05, 0) is 18.2 Å². The lowest BCUT2D eigenvalue weighted by molar-refractivity contribution is -0.116. The summed E-state index contributed by atoms with van der Waals surface area (Å²) in [6.45, 7) is 1.87. The molecule has 1 rings (SSSR count). The van der Waals surface area contributed by atoms with Gasteiger partial charge in [0.25, 0.3) is 0 Å². The number of carbonyl (C=O) groups excluding carboxylic acids is 1. The van der Waals surface area contributed by atoms with Crippen LogP contribution in [0.25, 0.3) is 0 Å². The smallest absolute Gasteiger partial charge is 0.223 e. The number of benzene rings is 1. The van der Waals surface area contributed by atoms with Crippen molar-refractivity contribution in [3.8, 4) is 6.07 Å². The van der Waals surface area contributed by atoms with Crippen molar-refractivity contribution >= 4 is 17.3 Å². The number of nitrogen functional groups attached to an aromatic ring is 1. The fourth-order valence-electron chi connectivity index (χ4n) is 1.32. The van der Waals surface area contributed by atoms with Crippen LogP contribution >= 0.6 is 0 Å². The number of hydrogen-bond donors (Lipinski definition) is 1. The zero-order valence-corrected chi connectivity index (χ0v) is 8.60. The summed E-state index contributed by atoms with van der Waals surface area (Å²) in [5.74, 6) is -0.0872. The zero-order chi connectivity index (χ0) is 11.3. The van der Waals surface area contributed by atoms with Gasteiger partial charge in [-0.2, -0.15) is 5.26 Å². The summed E-state index contributed by atoms with van der Waals surface area (Å²) in [5.41, 5.74) is 6.96. The predicted molar refractivity (Wildman–Crippen MR) is 59.1 cm³/mol. The topological polar surface area (TPSA) is 70.1 Å². The second kappa shape index (κ2) is 5.01. The number of rotatable bonds is 3. The van der Waals surface area contributed by atoms with Crippen molar-refractivity contribution in [3.63, 3.8) is 0 Å². The van der Waals surface area contributed by atoms with Crippen molar-refractivity contribution in [2.75, 3.05) is 17.2 Å². The van der Waals surface area contributed by atoms with Crippen molar-refractivity contribution < 1.29 is 4.79 Å². The predicted octanol–water partition coefficient (Wildman–Crippen LogP) is 1.54. The first-order chi connectivity index (χ1) is 7.15. The number of nitriles is 1. The van der Waals surface area contributed by atoms with E-state index in [1.54, 1.807) is 29.2 Å². The van der Waals surface area contributed by atoms with Crippen molar-refractivity contribution in [3.05, 3.63) is 24.3 Å². The molecule has 0 aliphatic heterocycles. The summed E-state index contributed by atoms with van der Waals surface area (Å²) in [6.07, 6.45) is 0.314. The SMILES string of the molecule is CC(=O)N(CCC#N)c1cccc(N)c1. The molecule has 0 aromatic heterocycles. The van der Waals surface area contributed by atoms with Crippen LogP contribution < -0.4 is 10.6 Å². The van der Waals surface area contributed by atoms with Gasteiger partial charge in [0.15, 0.2) is 0 Å². The van der Waals surface area contributed by atoms with Crippen LogP contribution in [0, 0.1) is 11.3 Å². The third kappa shape index (κ3) is 2.99. The molecule has 0 fully saturated rings. The Bertz CT molecular complexity index is 395. The van der Waals surface area contributed by atoms with Crippen molar-refractivity contribution in [2.45, 2.75) is 13.3 Å². The Morgan fingerprint density at radius 3 is 2.87 bits per heavy atom. The minimum absolute atomic E-state index is 0.0872. The van der Waals surface area contributed by atoms with E-state index in [0.29, 0.717) is 18.7 Å². The van der Waals surface area contributed by atoms with E-state index >= 15 is 0 Å². The Morgan fingerprint density at radius 2 is 2.33 bits per heavy atom. The normalized spacial score (nSPS) is 9.33. The maximum atomic E-state index is 11.3. The lowest BCUT2D eigenvalue weighted by atomic mass is 10.2. The molecule has 0 bridgehead atoms. The van der Waals surface area contributed by atoms with E-state index in [0.717, 1.165) is 5.69 Å². The molecule has 4 nitrogen and oxygen atoms in total. The highest BCUT2D eigenvalue weighted by atomic mass is 16.2. The van der Waals surface area contributed by atoms with E-state index in [1.807, 2.05) is 6.07 Å². The summed E-state index contributed by atoms with van der Waals surface area (Å²) in [4.78, 5) is 12.9. The molecule has 1 aromatic rings. The number of anilines is 2. The number of carbonyl (C=O) groups is 1. The fraction of sp³-hybridized carbons (Fsp3) is 0.273. The molecule has 2 N–H and O–H groups in total. The van der Waals surface area contributed by atoms with Crippen molar-refractivity contribution in [1.29, 1.82) is 5.26 Å². The van der Waals surface area contributed by atoms with Gasteiger partial charge in [0.2, 0.25) is 5.91 Å². The van der Waals surface area contributed by atoms with Crippen LogP contribution in [-0.2, 0) is 4.79 Å². The van der Waals surface area contributed by atoms with Crippen LogP contribution in [0.5, 0.6) is 0 Å². The van der Waals surface area contributed by atoms with E-state index < -0.39 is 0 Å². The molecule has 0 spiro atoms. The monoisotopic (exact) mass is 203 g/mol. The minimum atomic E-state index is -0.0872. The quantitative estimate of drug-likeness (QED) is 0.757. The Hall–Kier alpha value is -2.02. The molecule has 78 valence electrons. The third-order valence-corrected chi connectivity index (χ3v) is 2.01. The van der Waals surface area contributed by atoms with Crippen molar-refractivity contribution in [1.82, 2.24) is 0 Å². The second-order valence-corrected chi connectivity index (χ2v) is 3.17. The van der Waals surface area contributed by atoms with Gasteiger partial charge in [0.05, 0.1) is 12.5 Å². The van der Waals surface area contributed by atoms with Gasteiger partial charge in [-0.3, -0.25) is 4.79 Å². The molecule has 1 amide bonds. The molecule has 4 heteroatoms. The van der Waals surface area contributed by atoms with Gasteiger partial charge in [-0.15, -0.1) is 0 Å². The standard InChI is InChI=1S/C11H13N3O/c1-9(15)14(7-3-6-12)11-5-2-4-10(13)8-11/h2,4-5,8H,3,7,13H2,1H3. The average molecular weight is 203 g/mol. The molecule has 0 aliphatic rings. The van der Waals surface area contributed by atoms with Crippen LogP contribution in [0.4, 0.5) is 11.4 Å². The maximum Gasteiger partial charge on any atom is 0.223 e. The number of hydrogen-bond acceptors (Lipinski definition) is 3. The second-order valence-electron chi connectivity index (χ2n) is 3.17. The summed E-state index contributed by atoms with van der Waals surface area (Å²) >= 11 is 0. The summed E-state index contributed by atoms with van der Waals surface area (Å²) in [5, 5.41) is 8.49. The van der Waals surface area contributed by atoms with Gasteiger partial charge in [0.1, 0.15) is 0 Å². The molecule has 0 aliphatic carbocycles. The molecule has 0 unspecified atom stereocenters. The number of nitrogens with two attached hydrogens (primary N) is 1. The molecule has 15 heavy (non-hydrogen) atoms. The summed E-state index contributed by atoms with van der Waals surface area (Å²) in [6, 6.07) is 9.07. The molecule has 0 radical (unpaired) electrons. The minimum Gasteiger partial charge on any atom is -0.399 e. The molecular weight excluding hydrogens is 190 g/mol. The van der Waals surface area contributed by atoms with E-state index in [-0.39, 0.29) is 5.91 Å². The molecule has 1 aromatic carbocycles. The van der Waals surface area contributed by atoms with Gasteiger partial charge in [-0.1, -0.05) is 6.07 Å². The molecule has 0 saturated heterocycles. The van der Waals surface area contributed by atoms with Gasteiger partial charge < -0.3 is 10.6 Å². The first-order valence-corrected chi connectivity index (χ1v) is 4.65. The highest BCUT2D eigenvalue weighted by Gasteiger charge is 2.10. The van der Waals surface area contributed by atoms with Crippen LogP contribution in [0.1, 0.15) is 13.3 Å². The van der Waals surface area contributed by atoms with Crippen LogP contribution in [-0.4, -0.2) is 12.5 Å². The molecule has 0 atom stereocenters. The summed E-state index contributed by atoms with van der Waals surface area (Å²) < 4.78 is 0. The molecular formula is C11H13N3O. The highest BCUT2D eigenvalue weighted by molar-refractivity contribution is 5.91. The van der Waals surface area contributed by atoms with Crippen LogP contribution in [0.3, 0.4) is 0 Å². The van der Waals surface area contributed by atoms with E-state index in [2.05, 4.69) is 0 Å². The first-order valence-electron chi connectivity index (χ1n) is 4.65. The Balaban J connectivity index is 2.89. The number of amides is 1. The van der Waals surface area contributed by atoms with E-state index in [4.69, 9.17) is 11.0 Å².